The molecule has 0 spiro atoms. The van der Waals surface area contributed by atoms with E-state index in [4.69, 9.17) is 28.3 Å². The minimum atomic E-state index is -3.38. The minimum Gasteiger partial charge on any atom is -0.478 e. The van der Waals surface area contributed by atoms with Gasteiger partial charge in [0.15, 0.2) is 19.7 Å². The van der Waals surface area contributed by atoms with Crippen molar-refractivity contribution in [3.8, 4) is 0 Å². The van der Waals surface area contributed by atoms with Gasteiger partial charge in [0.05, 0.1) is 26.9 Å². The number of carbonyl (C=O) groups is 1. The van der Waals surface area contributed by atoms with Crippen LogP contribution in [0.1, 0.15) is 15.9 Å². The fourth-order valence-corrected chi connectivity index (χ4v) is 5.19. The molecule has 0 radical (unpaired) electrons. The van der Waals surface area contributed by atoms with Crippen molar-refractivity contribution in [1.82, 2.24) is 0 Å². The van der Waals surface area contributed by atoms with Crippen LogP contribution in [0.15, 0.2) is 58.3 Å². The van der Waals surface area contributed by atoms with Gasteiger partial charge in [-0.25, -0.2) is 21.6 Å². The molecule has 6 nitrogen and oxygen atoms in total. The van der Waals surface area contributed by atoms with E-state index in [2.05, 4.69) is 0 Å². The molecule has 0 saturated carbocycles. The van der Waals surface area contributed by atoms with E-state index in [1.54, 1.807) is 24.3 Å². The number of carboxylic acids is 1. The van der Waals surface area contributed by atoms with Crippen LogP contribution in [0.4, 0.5) is 0 Å². The summed E-state index contributed by atoms with van der Waals surface area (Å²) < 4.78 is 45.9. The van der Waals surface area contributed by atoms with Crippen LogP contribution < -0.4 is 0 Å². The number of alkyl halides is 2. The largest absolute Gasteiger partial charge is 0.478 e. The van der Waals surface area contributed by atoms with Crippen LogP contribution in [0.25, 0.3) is 0 Å². The van der Waals surface area contributed by atoms with E-state index >= 15 is 0 Å². The third-order valence-corrected chi connectivity index (χ3v) is 7.82. The number of carboxylic acid groups (broad SMARTS) is 1. The van der Waals surface area contributed by atoms with Crippen LogP contribution in [0.5, 0.6) is 0 Å². The summed E-state index contributed by atoms with van der Waals surface area (Å²) in [6.45, 7) is 1.91. The molecule has 0 aliphatic rings. The van der Waals surface area contributed by atoms with Gasteiger partial charge in [0.25, 0.3) is 0 Å². The van der Waals surface area contributed by atoms with Crippen molar-refractivity contribution in [2.24, 2.45) is 0 Å². The summed E-state index contributed by atoms with van der Waals surface area (Å²) in [5, 5.41) is 8.61. The van der Waals surface area contributed by atoms with E-state index in [0.29, 0.717) is 4.90 Å². The Kier molecular flexibility index (Phi) is 9.43. The average molecular weight is 467 g/mol. The SMILES string of the molecule is Cc1ccc(S(=O)(=O)CCCl)cc1.O=C(O)c1ccc(S(=O)(=O)CCCl)cc1. The Labute approximate surface area is 174 Å². The molecule has 0 aromatic heterocycles. The van der Waals surface area contributed by atoms with Gasteiger partial charge in [0.2, 0.25) is 0 Å². The second-order valence-corrected chi connectivity index (χ2v) is 10.6. The predicted molar refractivity (Wildman–Crippen MR) is 110 cm³/mol. The van der Waals surface area contributed by atoms with Gasteiger partial charge >= 0.3 is 5.97 Å². The average Bonchev–Trinajstić information content (AvgIpc) is 2.62. The van der Waals surface area contributed by atoms with Gasteiger partial charge in [-0.05, 0) is 43.3 Å². The number of hydrogen-bond acceptors (Lipinski definition) is 5. The maximum atomic E-state index is 11.5. The van der Waals surface area contributed by atoms with Crippen LogP contribution in [0, 0.1) is 6.92 Å². The van der Waals surface area contributed by atoms with Gasteiger partial charge in [-0.2, -0.15) is 0 Å². The van der Waals surface area contributed by atoms with Crippen molar-refractivity contribution < 1.29 is 26.7 Å². The smallest absolute Gasteiger partial charge is 0.335 e. The molecular formula is C18H20Cl2O6S2. The summed E-state index contributed by atoms with van der Waals surface area (Å²) in [4.78, 5) is 11.0. The zero-order valence-electron chi connectivity index (χ0n) is 15.0. The molecule has 0 heterocycles. The molecule has 0 aliphatic heterocycles. The second kappa shape index (κ2) is 10.8. The molecule has 0 unspecified atom stereocenters. The van der Waals surface area contributed by atoms with Crippen LogP contribution in [-0.2, 0) is 19.7 Å². The second-order valence-electron chi connectivity index (χ2n) is 5.66. The molecule has 0 amide bonds. The third kappa shape index (κ3) is 7.43. The minimum absolute atomic E-state index is 0.00236. The highest BCUT2D eigenvalue weighted by atomic mass is 35.5. The topological polar surface area (TPSA) is 106 Å². The molecule has 0 aliphatic carbocycles. The fraction of sp³-hybridized carbons (Fsp3) is 0.278. The Hall–Kier alpha value is -1.61. The number of benzene rings is 2. The summed E-state index contributed by atoms with van der Waals surface area (Å²) in [6, 6.07) is 11.8. The lowest BCUT2D eigenvalue weighted by Gasteiger charge is -2.02. The summed E-state index contributed by atoms with van der Waals surface area (Å²) in [7, 11) is -6.54. The Balaban J connectivity index is 0.000000283. The van der Waals surface area contributed by atoms with Gasteiger partial charge in [0, 0.05) is 11.8 Å². The van der Waals surface area contributed by atoms with Gasteiger partial charge in [-0.15, -0.1) is 23.2 Å². The van der Waals surface area contributed by atoms with Crippen molar-refractivity contribution in [3.05, 3.63) is 59.7 Å². The lowest BCUT2D eigenvalue weighted by molar-refractivity contribution is 0.0696. The van der Waals surface area contributed by atoms with Crippen molar-refractivity contribution in [1.29, 1.82) is 0 Å². The monoisotopic (exact) mass is 466 g/mol. The van der Waals surface area contributed by atoms with Crippen LogP contribution in [-0.4, -0.2) is 51.2 Å². The Morgan fingerprint density at radius 3 is 1.46 bits per heavy atom. The normalized spacial score (nSPS) is 11.4. The number of aryl methyl sites for hydroxylation is 1. The van der Waals surface area contributed by atoms with E-state index in [9.17, 15) is 21.6 Å². The zero-order valence-corrected chi connectivity index (χ0v) is 18.2. The molecule has 28 heavy (non-hydrogen) atoms. The summed E-state index contributed by atoms with van der Waals surface area (Å²) >= 11 is 10.7. The Bertz CT molecular complexity index is 983. The van der Waals surface area contributed by atoms with E-state index in [-0.39, 0.29) is 33.7 Å². The van der Waals surface area contributed by atoms with Gasteiger partial charge in [0.1, 0.15) is 0 Å². The van der Waals surface area contributed by atoms with Crippen LogP contribution >= 0.6 is 23.2 Å². The van der Waals surface area contributed by atoms with Crippen LogP contribution in [0.3, 0.4) is 0 Å². The maximum absolute atomic E-state index is 11.5. The Morgan fingerprint density at radius 1 is 0.786 bits per heavy atom. The highest BCUT2D eigenvalue weighted by Gasteiger charge is 2.14. The van der Waals surface area contributed by atoms with Crippen molar-refractivity contribution >= 4 is 48.8 Å². The zero-order chi connectivity index (χ0) is 21.4. The van der Waals surface area contributed by atoms with E-state index in [1.807, 2.05) is 6.92 Å². The molecule has 2 aromatic rings. The summed E-state index contributed by atoms with van der Waals surface area (Å²) in [5.41, 5.74) is 1.10. The molecule has 2 aromatic carbocycles. The van der Waals surface area contributed by atoms with Crippen LogP contribution in [0.2, 0.25) is 0 Å². The van der Waals surface area contributed by atoms with E-state index in [0.717, 1.165) is 5.56 Å². The van der Waals surface area contributed by atoms with Gasteiger partial charge in [-0.1, -0.05) is 17.7 Å². The number of hydrogen-bond donors (Lipinski definition) is 1. The summed E-state index contributed by atoms with van der Waals surface area (Å²) in [6.07, 6.45) is 0. The molecule has 2 rings (SSSR count). The maximum Gasteiger partial charge on any atom is 0.335 e. The van der Waals surface area contributed by atoms with E-state index in [1.165, 1.54) is 24.3 Å². The first-order chi connectivity index (χ1) is 13.0. The lowest BCUT2D eigenvalue weighted by Crippen LogP contribution is -2.08. The molecular weight excluding hydrogens is 447 g/mol. The van der Waals surface area contributed by atoms with Crippen molar-refractivity contribution in [2.45, 2.75) is 16.7 Å². The van der Waals surface area contributed by atoms with E-state index < -0.39 is 25.6 Å². The number of halogens is 2. The Morgan fingerprint density at radius 2 is 1.14 bits per heavy atom. The highest BCUT2D eigenvalue weighted by Crippen LogP contribution is 2.13. The first-order valence-corrected chi connectivity index (χ1v) is 12.4. The molecule has 10 heteroatoms. The van der Waals surface area contributed by atoms with Gasteiger partial charge < -0.3 is 5.11 Å². The van der Waals surface area contributed by atoms with Crippen molar-refractivity contribution in [3.63, 3.8) is 0 Å². The molecule has 0 bridgehead atoms. The number of sulfone groups is 2. The highest BCUT2D eigenvalue weighted by molar-refractivity contribution is 7.91. The van der Waals surface area contributed by atoms with Crippen molar-refractivity contribution in [2.75, 3.05) is 23.3 Å². The number of aromatic carboxylic acids is 1. The standard InChI is InChI=1S/C9H9ClO4S.C9H11ClO2S/c10-5-6-15(13,14)8-3-1-7(2-4-8)9(11)12;1-8-2-4-9(5-3-8)13(11,12)7-6-10/h1-4H,5-6H2,(H,11,12);2-5H,6-7H2,1H3. The first kappa shape index (κ1) is 24.4. The predicted octanol–water partition coefficient (Wildman–Crippen LogP) is 3.40. The number of rotatable bonds is 7. The lowest BCUT2D eigenvalue weighted by atomic mass is 10.2. The quantitative estimate of drug-likeness (QED) is 0.626. The molecule has 154 valence electrons. The molecule has 1 N–H and O–H groups in total. The van der Waals surface area contributed by atoms with Gasteiger partial charge in [-0.3, -0.25) is 0 Å². The molecule has 0 atom stereocenters. The third-order valence-electron chi connectivity index (χ3n) is 3.53. The molecule has 0 fully saturated rings. The first-order valence-electron chi connectivity index (χ1n) is 8.01. The molecule has 0 saturated heterocycles. The fourth-order valence-electron chi connectivity index (χ4n) is 1.99. The summed E-state index contributed by atoms with van der Waals surface area (Å²) in [5.74, 6) is -1.09.